The molecular formula is C123H111N5O4+4. The van der Waals surface area contributed by atoms with Crippen LogP contribution in [0.1, 0.15) is 192 Å². The molecule has 11 aromatic carbocycles. The first-order valence-corrected chi connectivity index (χ1v) is 48.4. The highest BCUT2D eigenvalue weighted by atomic mass is 16.3. The van der Waals surface area contributed by atoms with E-state index < -0.39 is 0 Å². The summed E-state index contributed by atoms with van der Waals surface area (Å²) in [6, 6.07) is 88.1. The van der Waals surface area contributed by atoms with Gasteiger partial charge in [0.05, 0.1) is 27.9 Å². The molecule has 28 rings (SSSR count). The van der Waals surface area contributed by atoms with E-state index in [4.69, 9.17) is 22.7 Å². The summed E-state index contributed by atoms with van der Waals surface area (Å²) in [5.74, 6) is 0. The minimum Gasteiger partial charge on any atom is -0.455 e. The molecule has 4 fully saturated rings. The van der Waals surface area contributed by atoms with E-state index in [-0.39, 0.29) is 21.7 Å². The third-order valence-electron chi connectivity index (χ3n) is 32.8. The van der Waals surface area contributed by atoms with Gasteiger partial charge in [0, 0.05) is 129 Å². The van der Waals surface area contributed by atoms with E-state index in [9.17, 15) is 0 Å². The van der Waals surface area contributed by atoms with Crippen LogP contribution >= 0.6 is 0 Å². The molecule has 0 unspecified atom stereocenters. The fourth-order valence-electron chi connectivity index (χ4n) is 26.7. The number of rotatable bonds is 4. The summed E-state index contributed by atoms with van der Waals surface area (Å²) in [6.07, 6.45) is 28.8. The van der Waals surface area contributed by atoms with Crippen LogP contribution in [0.25, 0.3) is 177 Å². The minimum atomic E-state index is 0.0564. The van der Waals surface area contributed by atoms with Gasteiger partial charge in [-0.1, -0.05) is 221 Å². The third-order valence-corrected chi connectivity index (χ3v) is 32.8. The van der Waals surface area contributed by atoms with E-state index in [0.29, 0.717) is 0 Å². The number of nitrogens with zero attached hydrogens (tertiary/aromatic N) is 5. The van der Waals surface area contributed by atoms with E-state index in [1.165, 1.54) is 308 Å². The Labute approximate surface area is 771 Å². The predicted octanol–water partition coefficient (Wildman–Crippen LogP) is 29.5. The molecule has 8 aliphatic carbocycles. The Morgan fingerprint density at radius 2 is 0.636 bits per heavy atom. The lowest BCUT2D eigenvalue weighted by Crippen LogP contribution is -2.31. The molecular weight excluding hydrogens is 1610 g/mol. The molecule has 0 saturated heterocycles. The summed E-state index contributed by atoms with van der Waals surface area (Å²) in [5, 5.41) is 9.68. The number of aromatic nitrogens is 5. The highest BCUT2D eigenvalue weighted by molar-refractivity contribution is 6.19. The van der Waals surface area contributed by atoms with Crippen molar-refractivity contribution in [3.05, 3.63) is 351 Å². The van der Waals surface area contributed by atoms with E-state index >= 15 is 0 Å². The summed E-state index contributed by atoms with van der Waals surface area (Å²) < 4.78 is 36.0. The molecule has 0 amide bonds. The number of hydrogen-bond acceptors (Lipinski definition) is 5. The maximum absolute atomic E-state index is 6.95. The summed E-state index contributed by atoms with van der Waals surface area (Å²) in [4.78, 5) is 5.27. The fraction of sp³-hybridized carbons (Fsp3) is 0.260. The smallest absolute Gasteiger partial charge is 0.227 e. The molecule has 0 N–H and O–H groups in total. The van der Waals surface area contributed by atoms with E-state index in [1.807, 2.05) is 0 Å². The summed E-state index contributed by atoms with van der Waals surface area (Å²) in [6.45, 7) is 17.3. The topological polar surface area (TPSA) is 81.0 Å². The van der Waals surface area contributed by atoms with Crippen molar-refractivity contribution in [1.82, 2.24) is 4.98 Å². The second-order valence-corrected chi connectivity index (χ2v) is 40.4. The minimum absolute atomic E-state index is 0.0564. The maximum Gasteiger partial charge on any atom is 0.227 e. The molecule has 4 spiro atoms. The first kappa shape index (κ1) is 80.4. The van der Waals surface area contributed by atoms with Gasteiger partial charge >= 0.3 is 0 Å². The SMILES string of the molecule is Cc1cc[n+](C)c(-c2c(C)ccc3c2oc2ccc4c(c23)-c2ccccc2C42CCCC2)c1.Cc1cc[n+](C)c(-c2c(C)ccc3c2oc2nc4c(cc23)-c2ccccc2C42CCCC2)c1.Cc1ccc(-c2c(C)ccc3c2oc2c4c(ccc23)-c2ccccc2C42CCCC2)[n+](C)c1.Cc1ccc(-c2c(C)ccc3c2oc2c4c(ccc23)C2(CCCC2)c2ccccc2-4)[n+](C)c1. The normalized spacial score (nSPS) is 16.1. The zero-order chi connectivity index (χ0) is 89.3. The zero-order valence-electron chi connectivity index (χ0n) is 78.0. The van der Waals surface area contributed by atoms with Gasteiger partial charge in [-0.05, 0) is 237 Å². The van der Waals surface area contributed by atoms with E-state index in [2.05, 4.69) is 363 Å². The van der Waals surface area contributed by atoms with Gasteiger partial charge in [0.25, 0.3) is 0 Å². The van der Waals surface area contributed by atoms with Crippen molar-refractivity contribution in [1.29, 1.82) is 0 Å². The van der Waals surface area contributed by atoms with Gasteiger partial charge in [-0.15, -0.1) is 0 Å². The van der Waals surface area contributed by atoms with Crippen LogP contribution < -0.4 is 18.3 Å². The van der Waals surface area contributed by atoms with Crippen LogP contribution in [0, 0.1) is 55.4 Å². The molecule has 0 atom stereocenters. The first-order chi connectivity index (χ1) is 64.3. The number of furan rings is 4. The van der Waals surface area contributed by atoms with Gasteiger partial charge in [0.1, 0.15) is 61.7 Å². The Hall–Kier alpha value is -13.6. The van der Waals surface area contributed by atoms with Gasteiger partial charge in [-0.25, -0.2) is 23.3 Å². The lowest BCUT2D eigenvalue weighted by Gasteiger charge is -2.26. The summed E-state index contributed by atoms with van der Waals surface area (Å²) >= 11 is 0. The maximum atomic E-state index is 6.95. The number of benzene rings is 11. The van der Waals surface area contributed by atoms with Crippen molar-refractivity contribution in [2.75, 3.05) is 0 Å². The van der Waals surface area contributed by atoms with Gasteiger partial charge in [0.2, 0.25) is 28.5 Å². The Kier molecular flexibility index (Phi) is 18.3. The molecule has 9 aromatic heterocycles. The third kappa shape index (κ3) is 11.6. The number of aryl methyl sites for hydroxylation is 12. The van der Waals surface area contributed by atoms with Crippen LogP contribution in [-0.4, -0.2) is 4.98 Å². The molecule has 0 bridgehead atoms. The standard InChI is InChI=1S/3C31H28NO.C30H27N2O/c1-19-10-15-26(32(3)18-19)27-20(2)11-12-21-22-13-14-25-28(30(22)33-29(21)27)23-8-4-5-9-24(23)31(25)16-6-7-17-31;1-19-10-15-26(32(3)18-19)27-20(2)11-12-23-24-14-13-22-21-8-4-5-9-25(21)31(16-6-7-17-31)28(22)30(24)33-29(23)27;1-19-14-17-32(3)25(18-19)27-20(2)10-11-22-29-26(33-30(22)27)13-12-24-28(29)21-8-4-5-9-23(21)31(24)15-6-7-16-31;1-18-12-15-32(3)25(16-18)26-19(2)10-11-21-23-17-22-20-8-4-5-9-24(20)30(13-6-7-14-30)28(22)31-29(23)33-27(21)26/h2*4-5,8-15,18H,6-7,16-17H2,1-3H3;4-5,8-14,17-18H,6-7,15-16H2,1-3H3;4-5,8-12,15-17H,6-7,13-14H2,1-3H3/q4*+1. The Morgan fingerprint density at radius 3 is 1.16 bits per heavy atom. The lowest BCUT2D eigenvalue weighted by molar-refractivity contribution is -0.660. The second kappa shape index (κ2) is 29.9. The molecule has 8 aliphatic rings. The average molecular weight is 1720 g/mol. The molecule has 0 radical (unpaired) electrons. The fourth-order valence-corrected chi connectivity index (χ4v) is 26.7. The monoisotopic (exact) mass is 1720 g/mol. The Bertz CT molecular complexity index is 8340. The Morgan fingerprint density at radius 1 is 0.258 bits per heavy atom. The van der Waals surface area contributed by atoms with Crippen LogP contribution in [0.2, 0.25) is 0 Å². The second-order valence-electron chi connectivity index (χ2n) is 40.4. The highest BCUT2D eigenvalue weighted by Crippen LogP contribution is 2.64. The van der Waals surface area contributed by atoms with Crippen molar-refractivity contribution in [3.63, 3.8) is 0 Å². The van der Waals surface area contributed by atoms with Gasteiger partial charge in [-0.3, -0.25) is 0 Å². The van der Waals surface area contributed by atoms with Crippen molar-refractivity contribution in [3.8, 4) is 89.5 Å². The predicted molar refractivity (Wildman–Crippen MR) is 536 cm³/mol. The van der Waals surface area contributed by atoms with Crippen LogP contribution in [-0.2, 0) is 49.9 Å². The van der Waals surface area contributed by atoms with Crippen molar-refractivity contribution in [2.24, 2.45) is 28.2 Å². The zero-order valence-corrected chi connectivity index (χ0v) is 78.0. The van der Waals surface area contributed by atoms with Crippen molar-refractivity contribution < 1.29 is 35.9 Å². The van der Waals surface area contributed by atoms with Crippen molar-refractivity contribution >= 4 is 87.9 Å². The Balaban J connectivity index is 0.0000000945. The molecule has 9 heterocycles. The molecule has 9 heteroatoms. The number of fused-ring (bicyclic) bond motifs is 35. The summed E-state index contributed by atoms with van der Waals surface area (Å²) in [5.41, 5.74) is 50.5. The molecule has 9 nitrogen and oxygen atoms in total. The lowest BCUT2D eigenvalue weighted by atomic mass is 9.76. The van der Waals surface area contributed by atoms with Crippen LogP contribution in [0.5, 0.6) is 0 Å². The van der Waals surface area contributed by atoms with Gasteiger partial charge in [-0.2, -0.15) is 0 Å². The summed E-state index contributed by atoms with van der Waals surface area (Å²) in [7, 11) is 8.48. The molecule has 4 saturated carbocycles. The quantitative estimate of drug-likeness (QED) is 0.164. The number of hydrogen-bond donors (Lipinski definition) is 0. The van der Waals surface area contributed by atoms with Crippen LogP contribution in [0.4, 0.5) is 0 Å². The van der Waals surface area contributed by atoms with E-state index in [1.54, 1.807) is 0 Å². The average Bonchev–Trinajstić information content (AvgIpc) is 1.46. The number of pyridine rings is 5. The molecule has 0 aliphatic heterocycles. The molecule has 132 heavy (non-hydrogen) atoms. The molecule has 20 aromatic rings. The van der Waals surface area contributed by atoms with Gasteiger partial charge in [0.15, 0.2) is 30.4 Å². The highest BCUT2D eigenvalue weighted by Gasteiger charge is 2.52. The first-order valence-electron chi connectivity index (χ1n) is 48.4. The largest absolute Gasteiger partial charge is 0.455 e. The molecule has 648 valence electrons. The van der Waals surface area contributed by atoms with Crippen molar-refractivity contribution in [2.45, 2.75) is 180 Å². The van der Waals surface area contributed by atoms with E-state index in [0.717, 1.165) is 61.1 Å². The van der Waals surface area contributed by atoms with Crippen LogP contribution in [0.15, 0.2) is 279 Å². The van der Waals surface area contributed by atoms with Crippen LogP contribution in [0.3, 0.4) is 0 Å². The van der Waals surface area contributed by atoms with Gasteiger partial charge < -0.3 is 17.7 Å².